The molecule has 0 N–H and O–H groups in total. The Bertz CT molecular complexity index is 1240. The minimum atomic E-state index is -2.55. The Hall–Kier alpha value is -0.257. The van der Waals surface area contributed by atoms with E-state index in [2.05, 4.69) is 136 Å². The zero-order chi connectivity index (χ0) is 28.4. The van der Waals surface area contributed by atoms with Gasteiger partial charge in [-0.3, -0.25) is 0 Å². The summed E-state index contributed by atoms with van der Waals surface area (Å²) in [4.78, 5) is 0. The first-order chi connectivity index (χ1) is 20.0. The Kier molecular flexibility index (Phi) is 10.4. The van der Waals surface area contributed by atoms with Crippen LogP contribution < -0.4 is 40.2 Å². The third-order valence-electron chi connectivity index (χ3n) is 6.30. The van der Waals surface area contributed by atoms with E-state index in [1.54, 1.807) is 28.4 Å². The maximum absolute atomic E-state index is 5.50. The van der Waals surface area contributed by atoms with Gasteiger partial charge in [0.05, 0.1) is 0 Å². The fourth-order valence-corrected chi connectivity index (χ4v) is 222. The van der Waals surface area contributed by atoms with Gasteiger partial charge in [-0.05, 0) is 0 Å². The van der Waals surface area contributed by atoms with E-state index >= 15 is 0 Å². The zero-order valence-electron chi connectivity index (χ0n) is 22.8. The van der Waals surface area contributed by atoms with E-state index in [0.717, 1.165) is 23.0 Å². The summed E-state index contributed by atoms with van der Waals surface area (Å²) in [5.74, 6) is 3.67. The van der Waals surface area contributed by atoms with Gasteiger partial charge < -0.3 is 0 Å². The predicted octanol–water partition coefficient (Wildman–Crippen LogP) is 9.14. The molecule has 0 saturated carbocycles. The normalized spacial score (nSPS) is 25.3. The molecule has 4 nitrogen and oxygen atoms in total. The van der Waals surface area contributed by atoms with Crippen molar-refractivity contribution in [3.63, 3.8) is 0 Å². The van der Waals surface area contributed by atoms with E-state index in [4.69, 9.17) is 18.9 Å². The number of hydrogen-bond donors (Lipinski definition) is 0. The molecule has 0 radical (unpaired) electrons. The topological polar surface area (TPSA) is 36.9 Å². The molecule has 2 aliphatic rings. The van der Waals surface area contributed by atoms with Gasteiger partial charge in [-0.15, -0.1) is 0 Å². The summed E-state index contributed by atoms with van der Waals surface area (Å²) in [7, 11) is 14.0. The number of methoxy groups -OCH3 is 4. The van der Waals surface area contributed by atoms with Crippen molar-refractivity contribution in [3.8, 4) is 23.0 Å². The second kappa shape index (κ2) is 13.8. The maximum atomic E-state index is 5.50. The van der Waals surface area contributed by atoms with Crippen LogP contribution in [0.1, 0.15) is 0 Å². The van der Waals surface area contributed by atoms with Crippen LogP contribution in [0.3, 0.4) is 0 Å². The Morgan fingerprint density at radius 1 is 0.366 bits per heavy atom. The van der Waals surface area contributed by atoms with Crippen molar-refractivity contribution in [2.75, 3.05) is 28.4 Å². The van der Waals surface area contributed by atoms with E-state index in [1.807, 2.05) is 0 Å². The van der Waals surface area contributed by atoms with Crippen LogP contribution in [0.2, 0.25) is 0 Å². The van der Waals surface area contributed by atoms with Crippen LogP contribution in [0.15, 0.2) is 97.1 Å². The second-order valence-corrected chi connectivity index (χ2v) is 65.0. The summed E-state index contributed by atoms with van der Waals surface area (Å²) in [5.41, 5.74) is 0. The van der Waals surface area contributed by atoms with Gasteiger partial charge in [0.25, 0.3) is 0 Å². The molecule has 4 aromatic rings. The van der Waals surface area contributed by atoms with Gasteiger partial charge in [0.1, 0.15) is 0 Å². The van der Waals surface area contributed by atoms with Gasteiger partial charge in [-0.1, -0.05) is 0 Å². The molecule has 212 valence electrons. The van der Waals surface area contributed by atoms with E-state index in [0.29, 0.717) is 0 Å². The van der Waals surface area contributed by atoms with Gasteiger partial charge in [-0.25, -0.2) is 0 Å². The molecule has 4 aromatic carbocycles. The molecule has 0 aromatic heterocycles. The van der Waals surface area contributed by atoms with E-state index in [9.17, 15) is 0 Å². The van der Waals surface area contributed by atoms with Crippen molar-refractivity contribution in [2.45, 2.75) is 0 Å². The van der Waals surface area contributed by atoms with E-state index < -0.39 is 35.9 Å². The number of benzene rings is 4. The number of hydrogen-bond acceptors (Lipinski definition) is 8. The molecule has 4 atom stereocenters. The molecular formula is C28H28GeO4P4S4. The molecule has 1 spiro atoms. The predicted molar refractivity (Wildman–Crippen MR) is 194 cm³/mol. The monoisotopic (exact) mass is 754 g/mol. The van der Waals surface area contributed by atoms with Crippen LogP contribution in [0, 0.1) is 0 Å². The molecule has 0 bridgehead atoms. The van der Waals surface area contributed by atoms with Crippen LogP contribution in [-0.2, 0) is 0 Å². The molecule has 13 heteroatoms. The fraction of sp³-hybridized carbons (Fsp3) is 0.143. The summed E-state index contributed by atoms with van der Waals surface area (Å²) in [6.45, 7) is -1.57. The molecule has 2 saturated heterocycles. The summed E-state index contributed by atoms with van der Waals surface area (Å²) in [6.07, 6.45) is 0. The molecule has 0 aliphatic carbocycles. The molecule has 6 rings (SSSR count). The van der Waals surface area contributed by atoms with Crippen LogP contribution >= 0.6 is 66.1 Å². The van der Waals surface area contributed by atoms with Crippen molar-refractivity contribution in [1.29, 1.82) is 0 Å². The third-order valence-corrected chi connectivity index (χ3v) is 118. The average molecular weight is 753 g/mol. The Morgan fingerprint density at radius 2 is 0.561 bits per heavy atom. The third kappa shape index (κ3) is 6.73. The van der Waals surface area contributed by atoms with Gasteiger partial charge in [0.15, 0.2) is 0 Å². The van der Waals surface area contributed by atoms with E-state index in [-0.39, 0.29) is 0 Å². The van der Waals surface area contributed by atoms with Crippen molar-refractivity contribution in [3.05, 3.63) is 97.1 Å². The van der Waals surface area contributed by atoms with Gasteiger partial charge >= 0.3 is 263 Å². The Morgan fingerprint density at radius 3 is 0.732 bits per heavy atom. The second-order valence-electron chi connectivity index (χ2n) is 8.75. The van der Waals surface area contributed by atoms with Crippen molar-refractivity contribution < 1.29 is 18.9 Å². The van der Waals surface area contributed by atoms with Gasteiger partial charge in [0.2, 0.25) is 0 Å². The molecule has 4 unspecified atom stereocenters. The number of rotatable bonds is 8. The van der Waals surface area contributed by atoms with Crippen LogP contribution in [-0.4, -0.2) is 37.1 Å². The standard InChI is InChI=1S/C28H28GeO4P4S4/c1-30-21-5-13-25(14-6-21)34-35(26-15-7-22(31-2)8-16-26)39-29(38-34)40-36(27-17-9-23(32-3)10-18-27)37(41-29)28-19-11-24(33-4)12-20-28/h5-20H,1-4H3. The molecular weight excluding hydrogens is 725 g/mol. The average Bonchev–Trinajstić information content (AvgIpc) is 3.61. The first-order valence-electron chi connectivity index (χ1n) is 12.6. The fourth-order valence-electron chi connectivity index (χ4n) is 4.14. The SMILES string of the molecule is COc1ccc(P2[S][Ge]3([S]P2c2ccc(OC)cc2)[S]P(c2ccc(OC)cc2)P(c2ccc(OC)cc2)[S]3)cc1. The molecule has 2 aliphatic heterocycles. The molecule has 2 fully saturated rings. The van der Waals surface area contributed by atoms with Crippen molar-refractivity contribution in [2.24, 2.45) is 0 Å². The number of ether oxygens (including phenoxy) is 4. The first kappa shape index (κ1) is 30.8. The quantitative estimate of drug-likeness (QED) is 0.130. The van der Waals surface area contributed by atoms with Gasteiger partial charge in [-0.2, -0.15) is 0 Å². The first-order valence-corrected chi connectivity index (χ1v) is 35.3. The summed E-state index contributed by atoms with van der Waals surface area (Å²) >= 11 is 0. The van der Waals surface area contributed by atoms with Crippen molar-refractivity contribution in [1.82, 2.24) is 0 Å². The van der Waals surface area contributed by atoms with Crippen molar-refractivity contribution >= 4 is 96.0 Å². The van der Waals surface area contributed by atoms with Gasteiger partial charge in [0, 0.05) is 0 Å². The summed E-state index contributed by atoms with van der Waals surface area (Å²) in [5, 5.41) is 5.88. The van der Waals surface area contributed by atoms with Crippen LogP contribution in [0.25, 0.3) is 0 Å². The zero-order valence-corrected chi connectivity index (χ0v) is 31.7. The molecule has 2 heterocycles. The van der Waals surface area contributed by atoms with E-state index in [1.165, 1.54) is 21.2 Å². The summed E-state index contributed by atoms with van der Waals surface area (Å²) in [6, 6.07) is 35.5. The summed E-state index contributed by atoms with van der Waals surface area (Å²) < 4.78 is 22.0. The minimum absolute atomic E-state index is 0.392. The van der Waals surface area contributed by atoms with Crippen LogP contribution in [0.4, 0.5) is 0 Å². The Labute approximate surface area is 261 Å². The molecule has 0 amide bonds. The Balaban J connectivity index is 1.38. The van der Waals surface area contributed by atoms with Crippen LogP contribution in [0.5, 0.6) is 23.0 Å². The molecule has 41 heavy (non-hydrogen) atoms.